The number of hydrogen-bond acceptors (Lipinski definition) is 3. The number of carbonyl (C=O) groups excluding carboxylic acids is 1. The zero-order chi connectivity index (χ0) is 14.9. The van der Waals surface area contributed by atoms with Crippen LogP contribution < -0.4 is 0 Å². The molecule has 0 aliphatic carbocycles. The van der Waals surface area contributed by atoms with Crippen LogP contribution in [0.3, 0.4) is 0 Å². The Labute approximate surface area is 117 Å². The molecule has 0 saturated carbocycles. The summed E-state index contributed by atoms with van der Waals surface area (Å²) in [5, 5.41) is 0. The predicted octanol–water partition coefficient (Wildman–Crippen LogP) is 4.55. The van der Waals surface area contributed by atoms with Crippen molar-refractivity contribution in [2.24, 2.45) is 0 Å². The largest absolute Gasteiger partial charge is 0.545 e. The Balaban J connectivity index is 4.73. The van der Waals surface area contributed by atoms with Crippen LogP contribution >= 0.6 is 0 Å². The molecule has 0 aliphatic rings. The van der Waals surface area contributed by atoms with Crippen molar-refractivity contribution >= 4 is 14.3 Å². The molecule has 19 heavy (non-hydrogen) atoms. The average Bonchev–Trinajstić information content (AvgIpc) is 2.31. The summed E-state index contributed by atoms with van der Waals surface area (Å²) in [7, 11) is -1.93. The molecule has 0 unspecified atom stereocenters. The molecule has 5 heteroatoms. The molecule has 112 valence electrons. The Morgan fingerprint density at radius 3 is 2.21 bits per heavy atom. The summed E-state index contributed by atoms with van der Waals surface area (Å²) in [6.07, 6.45) is 4.55. The van der Waals surface area contributed by atoms with E-state index in [0.717, 1.165) is 25.7 Å². The highest BCUT2D eigenvalue weighted by atomic mass is 28.4. The maximum atomic E-state index is 14.0. The molecule has 0 spiro atoms. The third-order valence-corrected chi connectivity index (χ3v) is 3.25. The molecule has 0 rings (SSSR count). The first-order valence-corrected chi connectivity index (χ1v) is 10.5. The van der Waals surface area contributed by atoms with Crippen LogP contribution in [0, 0.1) is 0 Å². The molecular formula is C14H27FO3Si. The topological polar surface area (TPSA) is 35.5 Å². The van der Waals surface area contributed by atoms with Crippen LogP contribution in [0.1, 0.15) is 46.0 Å². The van der Waals surface area contributed by atoms with Crippen molar-refractivity contribution < 1.29 is 18.3 Å². The SMILES string of the molecule is CCCCCC/C(O[Si](C)(C)C)=C(\F)C(=O)OCC. The maximum absolute atomic E-state index is 14.0. The van der Waals surface area contributed by atoms with Crippen molar-refractivity contribution in [3.8, 4) is 0 Å². The van der Waals surface area contributed by atoms with Gasteiger partial charge in [-0.3, -0.25) is 0 Å². The van der Waals surface area contributed by atoms with Gasteiger partial charge in [-0.2, -0.15) is 4.39 Å². The number of rotatable bonds is 9. The summed E-state index contributed by atoms with van der Waals surface area (Å²) < 4.78 is 24.4. The van der Waals surface area contributed by atoms with Crippen molar-refractivity contribution in [3.05, 3.63) is 11.6 Å². The van der Waals surface area contributed by atoms with E-state index in [1.54, 1.807) is 6.92 Å². The summed E-state index contributed by atoms with van der Waals surface area (Å²) in [5.41, 5.74) is 0. The third kappa shape index (κ3) is 8.81. The minimum atomic E-state index is -1.93. The van der Waals surface area contributed by atoms with E-state index in [1.165, 1.54) is 0 Å². The number of esters is 1. The zero-order valence-corrected chi connectivity index (χ0v) is 13.8. The Hall–Kier alpha value is -0.843. The van der Waals surface area contributed by atoms with Gasteiger partial charge in [0.15, 0.2) is 0 Å². The second kappa shape index (κ2) is 9.12. The standard InChI is InChI=1S/C14H27FO3Si/c1-6-8-9-10-11-12(18-19(3,4)5)13(15)14(16)17-7-2/h6-11H2,1-5H3/b13-12+. The van der Waals surface area contributed by atoms with E-state index in [4.69, 9.17) is 9.16 Å². The highest BCUT2D eigenvalue weighted by Crippen LogP contribution is 2.22. The summed E-state index contributed by atoms with van der Waals surface area (Å²) in [6, 6.07) is 0. The summed E-state index contributed by atoms with van der Waals surface area (Å²) in [5.74, 6) is -1.60. The first-order chi connectivity index (χ1) is 8.81. The van der Waals surface area contributed by atoms with Crippen LogP contribution in [0.15, 0.2) is 11.6 Å². The minimum Gasteiger partial charge on any atom is -0.545 e. The number of allylic oxidation sites excluding steroid dienone is 1. The normalized spacial score (nSPS) is 12.9. The lowest BCUT2D eigenvalue weighted by atomic mass is 10.1. The first-order valence-electron chi connectivity index (χ1n) is 7.06. The lowest BCUT2D eigenvalue weighted by Crippen LogP contribution is -2.26. The molecule has 0 amide bonds. The van der Waals surface area contributed by atoms with Crippen molar-refractivity contribution in [3.63, 3.8) is 0 Å². The van der Waals surface area contributed by atoms with Gasteiger partial charge in [-0.1, -0.05) is 26.2 Å². The zero-order valence-electron chi connectivity index (χ0n) is 12.8. The number of hydrogen-bond donors (Lipinski definition) is 0. The summed E-state index contributed by atoms with van der Waals surface area (Å²) in [6.45, 7) is 9.86. The minimum absolute atomic E-state index is 0.169. The van der Waals surface area contributed by atoms with Crippen molar-refractivity contribution in [2.45, 2.75) is 65.6 Å². The van der Waals surface area contributed by atoms with E-state index >= 15 is 0 Å². The highest BCUT2D eigenvalue weighted by Gasteiger charge is 2.24. The van der Waals surface area contributed by atoms with Crippen LogP contribution in [-0.4, -0.2) is 20.9 Å². The fraction of sp³-hybridized carbons (Fsp3) is 0.786. The van der Waals surface area contributed by atoms with E-state index in [0.29, 0.717) is 6.42 Å². The molecule has 0 bridgehead atoms. The molecular weight excluding hydrogens is 263 g/mol. The van der Waals surface area contributed by atoms with Crippen LogP contribution in [0.25, 0.3) is 0 Å². The van der Waals surface area contributed by atoms with Gasteiger partial charge in [0.1, 0.15) is 5.76 Å². The van der Waals surface area contributed by atoms with Crippen molar-refractivity contribution in [1.29, 1.82) is 0 Å². The fourth-order valence-corrected chi connectivity index (χ4v) is 2.53. The molecule has 0 aliphatic heterocycles. The van der Waals surface area contributed by atoms with Crippen LogP contribution in [0.2, 0.25) is 19.6 Å². The first kappa shape index (κ1) is 18.2. The van der Waals surface area contributed by atoms with E-state index in [-0.39, 0.29) is 12.4 Å². The number of carbonyl (C=O) groups is 1. The molecule has 0 saturated heterocycles. The predicted molar refractivity (Wildman–Crippen MR) is 78.0 cm³/mol. The van der Waals surface area contributed by atoms with Gasteiger partial charge in [-0.15, -0.1) is 0 Å². The van der Waals surface area contributed by atoms with Gasteiger partial charge in [-0.25, -0.2) is 4.79 Å². The second-order valence-electron chi connectivity index (χ2n) is 5.48. The number of halogens is 1. The molecule has 0 aromatic carbocycles. The molecule has 3 nitrogen and oxygen atoms in total. The third-order valence-electron chi connectivity index (χ3n) is 2.39. The highest BCUT2D eigenvalue weighted by molar-refractivity contribution is 6.70. The second-order valence-corrected chi connectivity index (χ2v) is 9.91. The summed E-state index contributed by atoms with van der Waals surface area (Å²) >= 11 is 0. The Bertz CT molecular complexity index is 308. The summed E-state index contributed by atoms with van der Waals surface area (Å²) in [4.78, 5) is 11.4. The van der Waals surface area contributed by atoms with E-state index in [9.17, 15) is 9.18 Å². The molecule has 0 N–H and O–H groups in total. The maximum Gasteiger partial charge on any atom is 0.370 e. The van der Waals surface area contributed by atoms with Gasteiger partial charge in [0.05, 0.1) is 6.61 Å². The van der Waals surface area contributed by atoms with Crippen LogP contribution in [0.5, 0.6) is 0 Å². The van der Waals surface area contributed by atoms with Gasteiger partial charge < -0.3 is 9.16 Å². The van der Waals surface area contributed by atoms with Gasteiger partial charge in [0.25, 0.3) is 0 Å². The Kier molecular flexibility index (Phi) is 8.72. The van der Waals surface area contributed by atoms with E-state index in [2.05, 4.69) is 6.92 Å². The van der Waals surface area contributed by atoms with Crippen LogP contribution in [0.4, 0.5) is 4.39 Å². The van der Waals surface area contributed by atoms with Gasteiger partial charge >= 0.3 is 5.97 Å². The average molecular weight is 290 g/mol. The van der Waals surface area contributed by atoms with E-state index in [1.807, 2.05) is 19.6 Å². The van der Waals surface area contributed by atoms with Gasteiger partial charge in [0, 0.05) is 6.42 Å². The van der Waals surface area contributed by atoms with Crippen molar-refractivity contribution in [1.82, 2.24) is 0 Å². The molecule has 0 aromatic heterocycles. The monoisotopic (exact) mass is 290 g/mol. The number of ether oxygens (including phenoxy) is 1. The molecule has 0 fully saturated rings. The lowest BCUT2D eigenvalue weighted by molar-refractivity contribution is -0.140. The van der Waals surface area contributed by atoms with Crippen molar-refractivity contribution in [2.75, 3.05) is 6.61 Å². The number of unbranched alkanes of at least 4 members (excludes halogenated alkanes) is 3. The molecule has 0 aromatic rings. The van der Waals surface area contributed by atoms with E-state index < -0.39 is 20.1 Å². The van der Waals surface area contributed by atoms with Gasteiger partial charge in [0.2, 0.25) is 14.1 Å². The van der Waals surface area contributed by atoms with Gasteiger partial charge in [-0.05, 0) is 33.0 Å². The fourth-order valence-electron chi connectivity index (χ4n) is 1.60. The van der Waals surface area contributed by atoms with Crippen LogP contribution in [-0.2, 0) is 14.0 Å². The Morgan fingerprint density at radius 1 is 1.11 bits per heavy atom. The molecule has 0 radical (unpaired) electrons. The smallest absolute Gasteiger partial charge is 0.370 e. The lowest BCUT2D eigenvalue weighted by Gasteiger charge is -2.22. The quantitative estimate of drug-likeness (QED) is 0.205. The molecule has 0 heterocycles. The molecule has 0 atom stereocenters. The Morgan fingerprint density at radius 2 is 1.74 bits per heavy atom.